The molecule has 8 heteroatoms. The number of hydrogen-bond acceptors (Lipinski definition) is 6. The van der Waals surface area contributed by atoms with E-state index in [-0.39, 0.29) is 11.6 Å². The number of morpholine rings is 1. The van der Waals surface area contributed by atoms with Crippen LogP contribution in [0.4, 0.5) is 11.4 Å². The molecule has 0 atom stereocenters. The van der Waals surface area contributed by atoms with E-state index in [1.165, 1.54) is 38.2 Å². The zero-order valence-corrected chi connectivity index (χ0v) is 17.3. The SMILES string of the molecule is CN(CCCNc1ccc(C(=O)N2CCOCC2)cc1[N+](=O)[O-])C1CCCCC1. The molecular weight excluding hydrogens is 372 g/mol. The highest BCUT2D eigenvalue weighted by atomic mass is 16.6. The molecule has 2 fully saturated rings. The summed E-state index contributed by atoms with van der Waals surface area (Å²) >= 11 is 0. The smallest absolute Gasteiger partial charge is 0.293 e. The Labute approximate surface area is 172 Å². The normalized spacial score (nSPS) is 18.1. The number of ether oxygens (including phenoxy) is 1. The van der Waals surface area contributed by atoms with Gasteiger partial charge >= 0.3 is 0 Å². The van der Waals surface area contributed by atoms with Gasteiger partial charge in [0.25, 0.3) is 11.6 Å². The van der Waals surface area contributed by atoms with Gasteiger partial charge in [-0.15, -0.1) is 0 Å². The monoisotopic (exact) mass is 404 g/mol. The minimum Gasteiger partial charge on any atom is -0.379 e. The largest absolute Gasteiger partial charge is 0.379 e. The first kappa shape index (κ1) is 21.5. The number of amides is 1. The third-order valence-corrected chi connectivity index (χ3v) is 5.94. The van der Waals surface area contributed by atoms with Crippen LogP contribution >= 0.6 is 0 Å². The maximum atomic E-state index is 12.6. The molecule has 1 saturated heterocycles. The maximum Gasteiger partial charge on any atom is 0.293 e. The van der Waals surface area contributed by atoms with E-state index in [0.29, 0.717) is 50.1 Å². The number of nitro groups is 1. The van der Waals surface area contributed by atoms with Gasteiger partial charge in [-0.3, -0.25) is 14.9 Å². The molecule has 0 aromatic heterocycles. The van der Waals surface area contributed by atoms with Gasteiger partial charge in [0, 0.05) is 37.3 Å². The van der Waals surface area contributed by atoms with Crippen molar-refractivity contribution in [3.8, 4) is 0 Å². The Hall–Kier alpha value is -2.19. The summed E-state index contributed by atoms with van der Waals surface area (Å²) in [6.07, 6.45) is 7.43. The number of benzene rings is 1. The van der Waals surface area contributed by atoms with Gasteiger partial charge in [0.15, 0.2) is 0 Å². The first-order valence-electron chi connectivity index (χ1n) is 10.7. The Balaban J connectivity index is 1.54. The molecule has 0 radical (unpaired) electrons. The van der Waals surface area contributed by atoms with Gasteiger partial charge in [0.2, 0.25) is 0 Å². The number of carbonyl (C=O) groups excluding carboxylic acids is 1. The molecule has 1 saturated carbocycles. The summed E-state index contributed by atoms with van der Waals surface area (Å²) in [7, 11) is 2.17. The van der Waals surface area contributed by atoms with Gasteiger partial charge in [0.05, 0.1) is 18.1 Å². The molecule has 3 rings (SSSR count). The minimum atomic E-state index is -0.424. The molecule has 1 aromatic rings. The lowest BCUT2D eigenvalue weighted by molar-refractivity contribution is -0.384. The highest BCUT2D eigenvalue weighted by molar-refractivity contribution is 5.95. The van der Waals surface area contributed by atoms with E-state index in [1.807, 2.05) is 0 Å². The van der Waals surface area contributed by atoms with E-state index in [4.69, 9.17) is 4.74 Å². The molecule has 0 spiro atoms. The number of rotatable bonds is 8. The topological polar surface area (TPSA) is 88.0 Å². The van der Waals surface area contributed by atoms with Gasteiger partial charge in [-0.2, -0.15) is 0 Å². The highest BCUT2D eigenvalue weighted by Gasteiger charge is 2.23. The van der Waals surface area contributed by atoms with Crippen LogP contribution in [0.5, 0.6) is 0 Å². The summed E-state index contributed by atoms with van der Waals surface area (Å²) in [4.78, 5) is 27.8. The van der Waals surface area contributed by atoms with Crippen LogP contribution in [0.1, 0.15) is 48.9 Å². The average molecular weight is 405 g/mol. The Morgan fingerprint density at radius 1 is 1.28 bits per heavy atom. The van der Waals surface area contributed by atoms with E-state index in [2.05, 4.69) is 17.3 Å². The second-order valence-corrected chi connectivity index (χ2v) is 7.95. The van der Waals surface area contributed by atoms with Crippen LogP contribution in [0.15, 0.2) is 18.2 Å². The summed E-state index contributed by atoms with van der Waals surface area (Å²) in [5.74, 6) is -0.183. The third kappa shape index (κ3) is 5.90. The van der Waals surface area contributed by atoms with Crippen molar-refractivity contribution in [2.75, 3.05) is 51.8 Å². The molecule has 8 nitrogen and oxygen atoms in total. The van der Waals surface area contributed by atoms with Gasteiger partial charge in [0.1, 0.15) is 5.69 Å². The molecule has 1 aliphatic heterocycles. The first-order valence-corrected chi connectivity index (χ1v) is 10.7. The van der Waals surface area contributed by atoms with E-state index in [1.54, 1.807) is 17.0 Å². The zero-order valence-electron chi connectivity index (χ0n) is 17.3. The number of carbonyl (C=O) groups is 1. The Kier molecular flexibility index (Phi) is 7.83. The molecule has 1 aromatic carbocycles. The number of nitrogens with one attached hydrogen (secondary N) is 1. The van der Waals surface area contributed by atoms with E-state index < -0.39 is 4.92 Å². The molecule has 29 heavy (non-hydrogen) atoms. The van der Waals surface area contributed by atoms with Crippen LogP contribution in [0.25, 0.3) is 0 Å². The molecule has 160 valence electrons. The fourth-order valence-electron chi connectivity index (χ4n) is 4.17. The van der Waals surface area contributed by atoms with Crippen molar-refractivity contribution in [2.24, 2.45) is 0 Å². The average Bonchev–Trinajstić information content (AvgIpc) is 2.77. The number of hydrogen-bond donors (Lipinski definition) is 1. The van der Waals surface area contributed by atoms with Crippen LogP contribution < -0.4 is 5.32 Å². The van der Waals surface area contributed by atoms with Crippen molar-refractivity contribution < 1.29 is 14.5 Å². The minimum absolute atomic E-state index is 0.0512. The van der Waals surface area contributed by atoms with E-state index >= 15 is 0 Å². The van der Waals surface area contributed by atoms with Crippen LogP contribution in [0, 0.1) is 10.1 Å². The van der Waals surface area contributed by atoms with Crippen molar-refractivity contribution in [2.45, 2.75) is 44.6 Å². The third-order valence-electron chi connectivity index (χ3n) is 5.94. The van der Waals surface area contributed by atoms with Gasteiger partial charge < -0.3 is 19.9 Å². The molecule has 1 amide bonds. The second-order valence-electron chi connectivity index (χ2n) is 7.95. The van der Waals surface area contributed by atoms with Crippen LogP contribution in [0.2, 0.25) is 0 Å². The van der Waals surface area contributed by atoms with Gasteiger partial charge in [-0.25, -0.2) is 0 Å². The van der Waals surface area contributed by atoms with E-state index in [0.717, 1.165) is 13.0 Å². The van der Waals surface area contributed by atoms with Crippen molar-refractivity contribution in [3.63, 3.8) is 0 Å². The summed E-state index contributed by atoms with van der Waals surface area (Å²) < 4.78 is 5.26. The zero-order chi connectivity index (χ0) is 20.6. The van der Waals surface area contributed by atoms with Gasteiger partial charge in [-0.1, -0.05) is 19.3 Å². The quantitative estimate of drug-likeness (QED) is 0.407. The standard InChI is InChI=1S/C21H32N4O4/c1-23(18-6-3-2-4-7-18)11-5-10-22-19-9-8-17(16-20(19)25(27)28)21(26)24-12-14-29-15-13-24/h8-9,16,18,22H,2-7,10-15H2,1H3. The lowest BCUT2D eigenvalue weighted by atomic mass is 9.94. The van der Waals surface area contributed by atoms with Crippen molar-refractivity contribution in [1.82, 2.24) is 9.80 Å². The van der Waals surface area contributed by atoms with Crippen molar-refractivity contribution in [1.29, 1.82) is 0 Å². The maximum absolute atomic E-state index is 12.6. The fourth-order valence-corrected chi connectivity index (χ4v) is 4.17. The van der Waals surface area contributed by atoms with E-state index in [9.17, 15) is 14.9 Å². The van der Waals surface area contributed by atoms with Crippen molar-refractivity contribution >= 4 is 17.3 Å². The van der Waals surface area contributed by atoms with Crippen LogP contribution in [-0.2, 0) is 4.74 Å². The Bertz CT molecular complexity index is 700. The predicted octanol–water partition coefficient (Wildman–Crippen LogP) is 3.13. The second kappa shape index (κ2) is 10.5. The molecule has 1 heterocycles. The molecule has 1 aliphatic carbocycles. The first-order chi connectivity index (χ1) is 14.1. The molecule has 2 aliphatic rings. The lowest BCUT2D eigenvalue weighted by Gasteiger charge is -2.31. The summed E-state index contributed by atoms with van der Waals surface area (Å²) in [5, 5.41) is 14.7. The fraction of sp³-hybridized carbons (Fsp3) is 0.667. The van der Waals surface area contributed by atoms with Crippen LogP contribution in [-0.4, -0.2) is 73.1 Å². The molecule has 1 N–H and O–H groups in total. The number of anilines is 1. The number of nitrogens with zero attached hydrogens (tertiary/aromatic N) is 3. The van der Waals surface area contributed by atoms with Crippen LogP contribution in [0.3, 0.4) is 0 Å². The summed E-state index contributed by atoms with van der Waals surface area (Å²) in [6, 6.07) is 5.37. The predicted molar refractivity (Wildman–Crippen MR) is 112 cm³/mol. The molecule has 0 unspecified atom stereocenters. The molecular formula is C21H32N4O4. The highest BCUT2D eigenvalue weighted by Crippen LogP contribution is 2.27. The van der Waals surface area contributed by atoms with Gasteiger partial charge in [-0.05, 0) is 45.0 Å². The van der Waals surface area contributed by atoms with Crippen molar-refractivity contribution in [3.05, 3.63) is 33.9 Å². The number of nitro benzene ring substituents is 1. The molecule has 0 bridgehead atoms. The Morgan fingerprint density at radius 2 is 2.00 bits per heavy atom. The lowest BCUT2D eigenvalue weighted by Crippen LogP contribution is -2.40. The Morgan fingerprint density at radius 3 is 2.69 bits per heavy atom. The summed E-state index contributed by atoms with van der Waals surface area (Å²) in [5.41, 5.74) is 0.764. The summed E-state index contributed by atoms with van der Waals surface area (Å²) in [6.45, 7) is 3.67.